The molecule has 5 nitrogen and oxygen atoms in total. The second-order valence-corrected chi connectivity index (χ2v) is 11.4. The summed E-state index contributed by atoms with van der Waals surface area (Å²) in [5.41, 5.74) is 2.54. The Balaban J connectivity index is 1.85. The predicted octanol–water partition coefficient (Wildman–Crippen LogP) is 6.14. The molecule has 0 aliphatic carbocycles. The Hall–Kier alpha value is -2.96. The normalized spacial score (nSPS) is 12.0. The summed E-state index contributed by atoms with van der Waals surface area (Å²) >= 11 is 7.77. The fourth-order valence-electron chi connectivity index (χ4n) is 3.90. The van der Waals surface area contributed by atoms with E-state index in [-0.39, 0.29) is 24.1 Å². The van der Waals surface area contributed by atoms with Crippen molar-refractivity contribution in [3.8, 4) is 5.75 Å². The standard InChI is InChI=1S/C30H35ClN2O3S/c1-30(2,3)32-29(35)27(18-22-9-6-5-7-10-22)33(19-24-11-8-12-25(31)17-24)28(34)21-37-20-23-13-15-26(36-4)16-14-23/h5-17,27H,18-21H2,1-4H3,(H,32,35). The molecule has 1 N–H and O–H groups in total. The van der Waals surface area contributed by atoms with Gasteiger partial charge in [-0.15, -0.1) is 11.8 Å². The van der Waals surface area contributed by atoms with Gasteiger partial charge in [-0.25, -0.2) is 0 Å². The van der Waals surface area contributed by atoms with E-state index in [0.717, 1.165) is 22.4 Å². The highest BCUT2D eigenvalue weighted by Gasteiger charge is 2.32. The topological polar surface area (TPSA) is 58.6 Å². The molecule has 2 amide bonds. The summed E-state index contributed by atoms with van der Waals surface area (Å²) in [5.74, 6) is 1.46. The minimum atomic E-state index is -0.672. The van der Waals surface area contributed by atoms with Crippen molar-refractivity contribution in [2.45, 2.75) is 51.1 Å². The lowest BCUT2D eigenvalue weighted by Gasteiger charge is -2.34. The van der Waals surface area contributed by atoms with Crippen LogP contribution in [0.3, 0.4) is 0 Å². The predicted molar refractivity (Wildman–Crippen MR) is 153 cm³/mol. The largest absolute Gasteiger partial charge is 0.497 e. The molecule has 1 atom stereocenters. The highest BCUT2D eigenvalue weighted by atomic mass is 35.5. The molecule has 3 aromatic rings. The van der Waals surface area contributed by atoms with Gasteiger partial charge in [0.1, 0.15) is 11.8 Å². The molecule has 1 unspecified atom stereocenters. The molecule has 0 heterocycles. The number of carbonyl (C=O) groups excluding carboxylic acids is 2. The van der Waals surface area contributed by atoms with Gasteiger partial charge in [0.15, 0.2) is 0 Å². The Kier molecular flexibility index (Phi) is 10.5. The molecule has 0 aliphatic heterocycles. The number of nitrogens with zero attached hydrogens (tertiary/aromatic N) is 1. The molecule has 0 spiro atoms. The van der Waals surface area contributed by atoms with Gasteiger partial charge in [0.05, 0.1) is 12.9 Å². The van der Waals surface area contributed by atoms with E-state index < -0.39 is 11.6 Å². The number of hydrogen-bond donors (Lipinski definition) is 1. The molecule has 0 saturated heterocycles. The van der Waals surface area contributed by atoms with Crippen LogP contribution in [0.4, 0.5) is 0 Å². The highest BCUT2D eigenvalue weighted by Crippen LogP contribution is 2.21. The zero-order valence-corrected chi connectivity index (χ0v) is 23.4. The minimum Gasteiger partial charge on any atom is -0.497 e. The summed E-state index contributed by atoms with van der Waals surface area (Å²) in [6.45, 7) is 6.12. The number of thioether (sulfide) groups is 1. The molecule has 0 saturated carbocycles. The van der Waals surface area contributed by atoms with Gasteiger partial charge in [-0.2, -0.15) is 0 Å². The summed E-state index contributed by atoms with van der Waals surface area (Å²) in [5, 5.41) is 3.68. The van der Waals surface area contributed by atoms with Crippen molar-refractivity contribution in [3.05, 3.63) is 101 Å². The summed E-state index contributed by atoms with van der Waals surface area (Å²) in [7, 11) is 1.64. The Labute approximate surface area is 229 Å². The van der Waals surface area contributed by atoms with Gasteiger partial charge < -0.3 is 15.0 Å². The molecule has 0 aromatic heterocycles. The summed E-state index contributed by atoms with van der Waals surface area (Å²) in [4.78, 5) is 29.0. The quantitative estimate of drug-likeness (QED) is 0.319. The molecule has 0 radical (unpaired) electrons. The summed E-state index contributed by atoms with van der Waals surface area (Å²) in [6, 6.07) is 24.4. The Bertz CT molecular complexity index is 1160. The lowest BCUT2D eigenvalue weighted by Crippen LogP contribution is -2.54. The first-order chi connectivity index (χ1) is 17.6. The highest BCUT2D eigenvalue weighted by molar-refractivity contribution is 7.99. The second-order valence-electron chi connectivity index (χ2n) is 9.94. The van der Waals surface area contributed by atoms with Crippen molar-refractivity contribution in [3.63, 3.8) is 0 Å². The Morgan fingerprint density at radius 2 is 1.62 bits per heavy atom. The van der Waals surface area contributed by atoms with E-state index in [4.69, 9.17) is 16.3 Å². The minimum absolute atomic E-state index is 0.0940. The second kappa shape index (κ2) is 13.5. The fraction of sp³-hybridized carbons (Fsp3) is 0.333. The number of rotatable bonds is 11. The van der Waals surface area contributed by atoms with Crippen molar-refractivity contribution in [1.82, 2.24) is 10.2 Å². The van der Waals surface area contributed by atoms with Gasteiger partial charge in [0.2, 0.25) is 11.8 Å². The zero-order valence-electron chi connectivity index (χ0n) is 21.9. The van der Waals surface area contributed by atoms with Gasteiger partial charge >= 0.3 is 0 Å². The monoisotopic (exact) mass is 538 g/mol. The number of ether oxygens (including phenoxy) is 1. The van der Waals surface area contributed by atoms with Crippen LogP contribution in [0.15, 0.2) is 78.9 Å². The van der Waals surface area contributed by atoms with E-state index in [0.29, 0.717) is 17.2 Å². The van der Waals surface area contributed by atoms with Crippen LogP contribution in [-0.4, -0.2) is 41.2 Å². The lowest BCUT2D eigenvalue weighted by atomic mass is 10.0. The first-order valence-corrected chi connectivity index (χ1v) is 13.8. The molecule has 37 heavy (non-hydrogen) atoms. The van der Waals surface area contributed by atoms with Crippen LogP contribution in [0.1, 0.15) is 37.5 Å². The van der Waals surface area contributed by atoms with Crippen molar-refractivity contribution in [1.29, 1.82) is 0 Å². The third-order valence-corrected chi connectivity index (χ3v) is 6.89. The number of methoxy groups -OCH3 is 1. The molecule has 7 heteroatoms. The summed E-state index contributed by atoms with van der Waals surface area (Å²) in [6.07, 6.45) is 0.415. The van der Waals surface area contributed by atoms with Gasteiger partial charge in [-0.3, -0.25) is 9.59 Å². The van der Waals surface area contributed by atoms with Gasteiger partial charge in [0, 0.05) is 29.3 Å². The van der Waals surface area contributed by atoms with E-state index >= 15 is 0 Å². The van der Waals surface area contributed by atoms with E-state index in [1.54, 1.807) is 18.1 Å². The number of carbonyl (C=O) groups is 2. The van der Waals surface area contributed by atoms with Crippen molar-refractivity contribution < 1.29 is 14.3 Å². The lowest BCUT2D eigenvalue weighted by molar-refractivity contribution is -0.140. The maximum Gasteiger partial charge on any atom is 0.243 e. The first kappa shape index (κ1) is 28.6. The maximum absolute atomic E-state index is 13.7. The number of amides is 2. The van der Waals surface area contributed by atoms with Crippen molar-refractivity contribution in [2.75, 3.05) is 12.9 Å². The van der Waals surface area contributed by atoms with Crippen LogP contribution in [0, 0.1) is 0 Å². The van der Waals surface area contributed by atoms with Gasteiger partial charge in [0.25, 0.3) is 0 Å². The number of hydrogen-bond acceptors (Lipinski definition) is 4. The van der Waals surface area contributed by atoms with Crippen LogP contribution in [-0.2, 0) is 28.3 Å². The van der Waals surface area contributed by atoms with E-state index in [1.807, 2.05) is 93.6 Å². The van der Waals surface area contributed by atoms with Crippen LogP contribution < -0.4 is 10.1 Å². The third kappa shape index (κ3) is 9.45. The van der Waals surface area contributed by atoms with Crippen LogP contribution >= 0.6 is 23.4 Å². The Morgan fingerprint density at radius 1 is 0.946 bits per heavy atom. The number of benzene rings is 3. The van der Waals surface area contributed by atoms with Crippen LogP contribution in [0.25, 0.3) is 0 Å². The molecule has 0 aliphatic rings. The van der Waals surface area contributed by atoms with Crippen LogP contribution in [0.5, 0.6) is 5.75 Å². The fourth-order valence-corrected chi connectivity index (χ4v) is 4.98. The zero-order chi connectivity index (χ0) is 26.8. The maximum atomic E-state index is 13.7. The average molecular weight is 539 g/mol. The van der Waals surface area contributed by atoms with Gasteiger partial charge in [-0.05, 0) is 61.7 Å². The average Bonchev–Trinajstić information content (AvgIpc) is 2.86. The first-order valence-electron chi connectivity index (χ1n) is 12.2. The third-order valence-electron chi connectivity index (χ3n) is 5.66. The summed E-state index contributed by atoms with van der Waals surface area (Å²) < 4.78 is 5.23. The van der Waals surface area contributed by atoms with Crippen LogP contribution in [0.2, 0.25) is 5.02 Å². The molecule has 3 aromatic carbocycles. The molecule has 0 fully saturated rings. The molecule has 0 bridgehead atoms. The SMILES string of the molecule is COc1ccc(CSCC(=O)N(Cc2cccc(Cl)c2)C(Cc2ccccc2)C(=O)NC(C)(C)C)cc1. The van der Waals surface area contributed by atoms with E-state index in [9.17, 15) is 9.59 Å². The molecule has 196 valence electrons. The van der Waals surface area contributed by atoms with E-state index in [2.05, 4.69) is 5.32 Å². The number of nitrogens with one attached hydrogen (secondary N) is 1. The van der Waals surface area contributed by atoms with E-state index in [1.165, 1.54) is 11.8 Å². The molecule has 3 rings (SSSR count). The van der Waals surface area contributed by atoms with Crippen molar-refractivity contribution >= 4 is 35.2 Å². The van der Waals surface area contributed by atoms with Crippen molar-refractivity contribution in [2.24, 2.45) is 0 Å². The number of halogens is 1. The molecular formula is C30H35ClN2O3S. The smallest absolute Gasteiger partial charge is 0.243 e. The van der Waals surface area contributed by atoms with Gasteiger partial charge in [-0.1, -0.05) is 66.2 Å². The molecular weight excluding hydrogens is 504 g/mol. The Morgan fingerprint density at radius 3 is 2.24 bits per heavy atom.